The van der Waals surface area contributed by atoms with Crippen LogP contribution in [0.3, 0.4) is 0 Å². The molecule has 6 heteroatoms. The summed E-state index contributed by atoms with van der Waals surface area (Å²) < 4.78 is 14.7. The highest BCUT2D eigenvalue weighted by molar-refractivity contribution is 5.68. The normalized spacial score (nSPS) is 11.9. The van der Waals surface area contributed by atoms with E-state index in [0.29, 0.717) is 12.0 Å². The zero-order chi connectivity index (χ0) is 19.3. The maximum Gasteiger partial charge on any atom is 0.220 e. The summed E-state index contributed by atoms with van der Waals surface area (Å²) >= 11 is 0. The monoisotopic (exact) mass is 371 g/mol. The van der Waals surface area contributed by atoms with Gasteiger partial charge in [-0.15, -0.1) is 0 Å². The summed E-state index contributed by atoms with van der Waals surface area (Å²) in [5.41, 5.74) is 9.92. The first kappa shape index (κ1) is 17.7. The van der Waals surface area contributed by atoms with Crippen LogP contribution >= 0.6 is 0 Å². The van der Waals surface area contributed by atoms with Crippen LogP contribution < -0.4 is 5.73 Å². The van der Waals surface area contributed by atoms with Gasteiger partial charge >= 0.3 is 0 Å². The number of benzene rings is 1. The Balaban J connectivity index is 1.86. The molecule has 138 valence electrons. The Morgan fingerprint density at radius 3 is 2.46 bits per heavy atom. The van der Waals surface area contributed by atoms with Crippen LogP contribution in [0.5, 0.6) is 0 Å². The van der Waals surface area contributed by atoms with Crippen LogP contribution in [-0.4, -0.2) is 19.9 Å². The predicted molar refractivity (Wildman–Crippen MR) is 106 cm³/mol. The number of anilines is 1. The zero-order valence-electron chi connectivity index (χ0n) is 15.0. The minimum atomic E-state index is -0.490. The van der Waals surface area contributed by atoms with Crippen molar-refractivity contribution in [3.63, 3.8) is 0 Å². The van der Waals surface area contributed by atoms with Crippen LogP contribution in [0, 0.1) is 5.95 Å². The topological polar surface area (TPSA) is 77.6 Å². The first-order valence-corrected chi connectivity index (χ1v) is 8.89. The quantitative estimate of drug-likeness (QED) is 0.536. The largest absolute Gasteiger partial charge is 0.368 e. The van der Waals surface area contributed by atoms with Crippen molar-refractivity contribution in [2.24, 2.45) is 0 Å². The molecule has 28 heavy (non-hydrogen) atoms. The fraction of sp³-hybridized carbons (Fsp3) is 0.0909. The third kappa shape index (κ3) is 3.71. The van der Waals surface area contributed by atoms with E-state index in [-0.39, 0.29) is 11.9 Å². The number of nitrogen functional groups attached to an aromatic ring is 1. The molecule has 2 N–H and O–H groups in total. The van der Waals surface area contributed by atoms with Crippen molar-refractivity contribution in [3.8, 4) is 11.1 Å². The van der Waals surface area contributed by atoms with Crippen molar-refractivity contribution in [2.75, 3.05) is 5.73 Å². The molecule has 3 aromatic heterocycles. The SMILES string of the molecule is Nc1nccc(CC(c2ccccc2-c2cccnc2)c2cccnc2F)n1. The van der Waals surface area contributed by atoms with Gasteiger partial charge in [0, 0.05) is 53.9 Å². The number of halogens is 1. The number of hydrogen-bond donors (Lipinski definition) is 1. The fourth-order valence-corrected chi connectivity index (χ4v) is 3.37. The third-order valence-corrected chi connectivity index (χ3v) is 4.62. The van der Waals surface area contributed by atoms with Crippen molar-refractivity contribution in [2.45, 2.75) is 12.3 Å². The van der Waals surface area contributed by atoms with E-state index >= 15 is 0 Å². The molecule has 5 nitrogen and oxygen atoms in total. The van der Waals surface area contributed by atoms with Gasteiger partial charge in [-0.3, -0.25) is 4.98 Å². The van der Waals surface area contributed by atoms with Gasteiger partial charge < -0.3 is 5.73 Å². The first-order valence-electron chi connectivity index (χ1n) is 8.89. The van der Waals surface area contributed by atoms with Crippen molar-refractivity contribution in [1.29, 1.82) is 0 Å². The maximum absolute atomic E-state index is 14.7. The Morgan fingerprint density at radius 2 is 1.68 bits per heavy atom. The van der Waals surface area contributed by atoms with E-state index in [1.807, 2.05) is 36.4 Å². The smallest absolute Gasteiger partial charge is 0.220 e. The van der Waals surface area contributed by atoms with Crippen LogP contribution in [0.1, 0.15) is 22.7 Å². The van der Waals surface area contributed by atoms with E-state index in [2.05, 4.69) is 19.9 Å². The lowest BCUT2D eigenvalue weighted by molar-refractivity contribution is 0.554. The number of nitrogens with zero attached hydrogens (tertiary/aromatic N) is 4. The van der Waals surface area contributed by atoms with E-state index in [0.717, 1.165) is 22.4 Å². The first-order chi connectivity index (χ1) is 13.7. The average molecular weight is 371 g/mol. The van der Waals surface area contributed by atoms with Crippen molar-refractivity contribution >= 4 is 5.95 Å². The number of rotatable bonds is 5. The summed E-state index contributed by atoms with van der Waals surface area (Å²) in [4.78, 5) is 16.3. The molecule has 3 heterocycles. The van der Waals surface area contributed by atoms with E-state index in [4.69, 9.17) is 5.73 Å². The van der Waals surface area contributed by atoms with E-state index in [1.165, 1.54) is 6.20 Å². The lowest BCUT2D eigenvalue weighted by atomic mass is 9.83. The summed E-state index contributed by atoms with van der Waals surface area (Å²) in [6.07, 6.45) is 7.06. The second kappa shape index (κ2) is 7.92. The Kier molecular flexibility index (Phi) is 5.01. The number of aromatic nitrogens is 4. The van der Waals surface area contributed by atoms with Crippen LogP contribution in [0.4, 0.5) is 10.3 Å². The number of nitrogens with two attached hydrogens (primary N) is 1. The minimum absolute atomic E-state index is 0.198. The molecule has 1 unspecified atom stereocenters. The highest BCUT2D eigenvalue weighted by atomic mass is 19.1. The van der Waals surface area contributed by atoms with Gasteiger partial charge in [0.2, 0.25) is 11.9 Å². The highest BCUT2D eigenvalue weighted by Gasteiger charge is 2.23. The number of pyridine rings is 2. The molecule has 0 bridgehead atoms. The van der Waals surface area contributed by atoms with Gasteiger partial charge in [-0.05, 0) is 29.3 Å². The van der Waals surface area contributed by atoms with E-state index in [1.54, 1.807) is 36.8 Å². The molecule has 1 atom stereocenters. The fourth-order valence-electron chi connectivity index (χ4n) is 3.37. The molecule has 1 aromatic carbocycles. The summed E-state index contributed by atoms with van der Waals surface area (Å²) in [6, 6.07) is 17.1. The lowest BCUT2D eigenvalue weighted by Gasteiger charge is -2.21. The maximum atomic E-state index is 14.7. The molecule has 0 amide bonds. The van der Waals surface area contributed by atoms with Gasteiger partial charge in [-0.25, -0.2) is 15.0 Å². The van der Waals surface area contributed by atoms with Gasteiger partial charge in [0.15, 0.2) is 0 Å². The minimum Gasteiger partial charge on any atom is -0.368 e. The summed E-state index contributed by atoms with van der Waals surface area (Å²) in [5, 5.41) is 0. The van der Waals surface area contributed by atoms with Gasteiger partial charge in [-0.2, -0.15) is 4.39 Å². The van der Waals surface area contributed by atoms with E-state index < -0.39 is 5.95 Å². The number of hydrogen-bond acceptors (Lipinski definition) is 5. The summed E-state index contributed by atoms with van der Waals surface area (Å²) in [7, 11) is 0. The molecule has 4 rings (SSSR count). The molecule has 0 aliphatic rings. The lowest BCUT2D eigenvalue weighted by Crippen LogP contribution is -2.11. The molecule has 0 radical (unpaired) electrons. The third-order valence-electron chi connectivity index (χ3n) is 4.62. The van der Waals surface area contributed by atoms with Gasteiger partial charge in [-0.1, -0.05) is 36.4 Å². The van der Waals surface area contributed by atoms with E-state index in [9.17, 15) is 4.39 Å². The second-order valence-electron chi connectivity index (χ2n) is 6.38. The zero-order valence-corrected chi connectivity index (χ0v) is 15.0. The molecule has 4 aromatic rings. The molecule has 0 spiro atoms. The predicted octanol–water partition coefficient (Wildman–Crippen LogP) is 4.03. The van der Waals surface area contributed by atoms with Gasteiger partial charge in [0.25, 0.3) is 0 Å². The van der Waals surface area contributed by atoms with Crippen LogP contribution in [0.15, 0.2) is 79.4 Å². The molecular formula is C22H18FN5. The standard InChI is InChI=1S/C22H18FN5/c23-21-19(8-4-11-26-21)20(13-16-9-12-27-22(24)28-16)18-7-2-1-6-17(18)15-5-3-10-25-14-15/h1-12,14,20H,13H2,(H2,24,27,28). The molecule has 0 aliphatic carbocycles. The second-order valence-corrected chi connectivity index (χ2v) is 6.38. The summed E-state index contributed by atoms with van der Waals surface area (Å²) in [6.45, 7) is 0. The summed E-state index contributed by atoms with van der Waals surface area (Å²) in [5.74, 6) is -0.585. The van der Waals surface area contributed by atoms with Crippen LogP contribution in [-0.2, 0) is 6.42 Å². The molecule has 0 saturated heterocycles. The molecule has 0 aliphatic heterocycles. The van der Waals surface area contributed by atoms with Gasteiger partial charge in [0.05, 0.1) is 0 Å². The van der Waals surface area contributed by atoms with Crippen molar-refractivity contribution in [3.05, 3.63) is 102 Å². The Morgan fingerprint density at radius 1 is 0.857 bits per heavy atom. The van der Waals surface area contributed by atoms with Crippen molar-refractivity contribution < 1.29 is 4.39 Å². The van der Waals surface area contributed by atoms with Gasteiger partial charge in [0.1, 0.15) is 0 Å². The molecule has 0 fully saturated rings. The highest BCUT2D eigenvalue weighted by Crippen LogP contribution is 2.35. The average Bonchev–Trinajstić information content (AvgIpc) is 2.73. The molecular weight excluding hydrogens is 353 g/mol. The Hall–Kier alpha value is -3.67. The Labute approximate surface area is 162 Å². The van der Waals surface area contributed by atoms with Crippen LogP contribution in [0.25, 0.3) is 11.1 Å². The van der Waals surface area contributed by atoms with Crippen LogP contribution in [0.2, 0.25) is 0 Å². The Bertz CT molecular complexity index is 1080. The van der Waals surface area contributed by atoms with Crippen molar-refractivity contribution in [1.82, 2.24) is 19.9 Å². The molecule has 0 saturated carbocycles.